The molecule has 160 valence electrons. The molecule has 0 bridgehead atoms. The Morgan fingerprint density at radius 1 is 1.00 bits per heavy atom. The first kappa shape index (κ1) is 21.1. The largest absolute Gasteiger partial charge is 0.494 e. The second-order valence-corrected chi connectivity index (χ2v) is 8.07. The van der Waals surface area contributed by atoms with Crippen LogP contribution in [0.4, 0.5) is 0 Å². The molecule has 2 atom stereocenters. The number of hydrogen-bond donors (Lipinski definition) is 1. The smallest absolute Gasteiger partial charge is 0.307 e. The summed E-state index contributed by atoms with van der Waals surface area (Å²) in [5.41, 5.74) is 4.66. The molecule has 2 unspecified atom stereocenters. The summed E-state index contributed by atoms with van der Waals surface area (Å²) in [5, 5.41) is 9.61. The van der Waals surface area contributed by atoms with Gasteiger partial charge < -0.3 is 9.84 Å². The molecule has 0 aliphatic carbocycles. The van der Waals surface area contributed by atoms with E-state index in [9.17, 15) is 9.90 Å². The summed E-state index contributed by atoms with van der Waals surface area (Å²) in [7, 11) is 0. The third-order valence-corrected chi connectivity index (χ3v) is 5.99. The molecule has 1 saturated heterocycles. The summed E-state index contributed by atoms with van der Waals surface area (Å²) in [6.07, 6.45) is 1.63. The molecule has 0 spiro atoms. The zero-order valence-corrected chi connectivity index (χ0v) is 17.9. The van der Waals surface area contributed by atoms with E-state index < -0.39 is 5.97 Å². The topological polar surface area (TPSA) is 49.8 Å². The second kappa shape index (κ2) is 9.80. The van der Waals surface area contributed by atoms with E-state index in [1.54, 1.807) is 0 Å². The van der Waals surface area contributed by atoms with Crippen LogP contribution in [0.25, 0.3) is 11.1 Å². The minimum absolute atomic E-state index is 0.00706. The van der Waals surface area contributed by atoms with Gasteiger partial charge in [0.2, 0.25) is 0 Å². The Bertz CT molecular complexity index is 1000. The highest BCUT2D eigenvalue weighted by atomic mass is 16.5. The van der Waals surface area contributed by atoms with Crippen LogP contribution in [0.2, 0.25) is 0 Å². The molecule has 1 heterocycles. The van der Waals surface area contributed by atoms with E-state index in [1.165, 1.54) is 16.7 Å². The molecule has 1 aliphatic heterocycles. The van der Waals surface area contributed by atoms with Gasteiger partial charge in [0.1, 0.15) is 5.75 Å². The summed E-state index contributed by atoms with van der Waals surface area (Å²) in [4.78, 5) is 14.0. The number of rotatable bonds is 7. The van der Waals surface area contributed by atoms with Gasteiger partial charge in [-0.3, -0.25) is 9.69 Å². The number of carbonyl (C=O) groups is 1. The quantitative estimate of drug-likeness (QED) is 0.543. The van der Waals surface area contributed by atoms with Crippen LogP contribution >= 0.6 is 0 Å². The molecule has 1 fully saturated rings. The summed E-state index contributed by atoms with van der Waals surface area (Å²) in [5.74, 6) is -0.182. The molecule has 1 aliphatic rings. The third-order valence-electron chi connectivity index (χ3n) is 5.99. The van der Waals surface area contributed by atoms with E-state index in [4.69, 9.17) is 4.74 Å². The Morgan fingerprint density at radius 2 is 1.74 bits per heavy atom. The molecule has 4 rings (SSSR count). The van der Waals surface area contributed by atoms with Gasteiger partial charge in [-0.1, -0.05) is 66.7 Å². The Balaban J connectivity index is 1.70. The molecule has 4 heteroatoms. The zero-order valence-electron chi connectivity index (χ0n) is 17.9. The number of likely N-dealkylation sites (tertiary alicyclic amines) is 1. The van der Waals surface area contributed by atoms with Crippen LogP contribution in [0.5, 0.6) is 5.75 Å². The molecule has 1 N–H and O–H groups in total. The lowest BCUT2D eigenvalue weighted by Gasteiger charge is -2.37. The first-order chi connectivity index (χ1) is 15.2. The first-order valence-electron chi connectivity index (χ1n) is 11.0. The number of carboxylic acids is 1. The molecule has 3 aromatic carbocycles. The number of piperidine rings is 1. The van der Waals surface area contributed by atoms with Crippen molar-refractivity contribution in [3.8, 4) is 16.9 Å². The van der Waals surface area contributed by atoms with Crippen molar-refractivity contribution in [2.45, 2.75) is 25.8 Å². The van der Waals surface area contributed by atoms with Gasteiger partial charge in [-0.15, -0.1) is 0 Å². The van der Waals surface area contributed by atoms with Crippen LogP contribution in [0.15, 0.2) is 78.9 Å². The maximum Gasteiger partial charge on any atom is 0.307 e. The maximum atomic E-state index is 11.7. The van der Waals surface area contributed by atoms with Crippen LogP contribution in [0.3, 0.4) is 0 Å². The van der Waals surface area contributed by atoms with Crippen molar-refractivity contribution >= 4 is 5.97 Å². The second-order valence-electron chi connectivity index (χ2n) is 8.07. The Labute approximate surface area is 184 Å². The van der Waals surface area contributed by atoms with Crippen LogP contribution in [-0.2, 0) is 4.79 Å². The highest BCUT2D eigenvalue weighted by molar-refractivity contribution is 5.70. The molecular weight excluding hydrogens is 386 g/mol. The van der Waals surface area contributed by atoms with Gasteiger partial charge in [-0.2, -0.15) is 0 Å². The van der Waals surface area contributed by atoms with Gasteiger partial charge in [0.25, 0.3) is 0 Å². The van der Waals surface area contributed by atoms with Crippen molar-refractivity contribution in [1.29, 1.82) is 0 Å². The highest BCUT2D eigenvalue weighted by Crippen LogP contribution is 2.35. The van der Waals surface area contributed by atoms with Crippen LogP contribution in [0, 0.1) is 5.92 Å². The van der Waals surface area contributed by atoms with Crippen molar-refractivity contribution < 1.29 is 14.6 Å². The van der Waals surface area contributed by atoms with E-state index in [2.05, 4.69) is 53.4 Å². The molecule has 0 saturated carbocycles. The molecule has 4 nitrogen and oxygen atoms in total. The SMILES string of the molecule is CCOc1cccc(C(c2ccc(-c3ccccc3)cc2)N2CCCC(C(=O)O)C2)c1. The standard InChI is InChI=1S/C27H29NO3/c1-2-31-25-12-6-10-23(18-25)26(28-17-7-11-24(19-28)27(29)30)22-15-13-21(14-16-22)20-8-4-3-5-9-20/h3-6,8-10,12-16,18,24,26H,2,7,11,17,19H2,1H3,(H,29,30). The minimum atomic E-state index is -0.703. The number of hydrogen-bond acceptors (Lipinski definition) is 3. The van der Waals surface area contributed by atoms with Crippen molar-refractivity contribution in [2.75, 3.05) is 19.7 Å². The average molecular weight is 416 g/mol. The molecule has 31 heavy (non-hydrogen) atoms. The fourth-order valence-electron chi connectivity index (χ4n) is 4.49. The molecule has 0 amide bonds. The summed E-state index contributed by atoms with van der Waals surface area (Å²) >= 11 is 0. The number of nitrogens with zero attached hydrogens (tertiary/aromatic N) is 1. The normalized spacial score (nSPS) is 17.8. The lowest BCUT2D eigenvalue weighted by atomic mass is 9.90. The van der Waals surface area contributed by atoms with E-state index in [1.807, 2.05) is 37.3 Å². The van der Waals surface area contributed by atoms with Gasteiger partial charge in [0.05, 0.1) is 18.6 Å². The predicted molar refractivity (Wildman–Crippen MR) is 123 cm³/mol. The lowest BCUT2D eigenvalue weighted by molar-refractivity contribution is -0.143. The van der Waals surface area contributed by atoms with E-state index in [0.717, 1.165) is 30.7 Å². The molecule has 0 aromatic heterocycles. The predicted octanol–water partition coefficient (Wildman–Crippen LogP) is 5.64. The lowest BCUT2D eigenvalue weighted by Crippen LogP contribution is -2.41. The van der Waals surface area contributed by atoms with Crippen molar-refractivity contribution in [3.63, 3.8) is 0 Å². The average Bonchev–Trinajstić information content (AvgIpc) is 2.81. The van der Waals surface area contributed by atoms with Crippen molar-refractivity contribution in [1.82, 2.24) is 4.90 Å². The van der Waals surface area contributed by atoms with Gasteiger partial charge in [0, 0.05) is 6.54 Å². The number of carboxylic acid groups (broad SMARTS) is 1. The molecule has 0 radical (unpaired) electrons. The number of benzene rings is 3. The fourth-order valence-corrected chi connectivity index (χ4v) is 4.49. The molecular formula is C27H29NO3. The third kappa shape index (κ3) is 4.97. The first-order valence-corrected chi connectivity index (χ1v) is 11.0. The van der Waals surface area contributed by atoms with Crippen LogP contribution in [0.1, 0.15) is 36.9 Å². The fraction of sp³-hybridized carbons (Fsp3) is 0.296. The summed E-state index contributed by atoms with van der Waals surface area (Å²) in [6, 6.07) is 27.2. The van der Waals surface area contributed by atoms with Gasteiger partial charge in [-0.25, -0.2) is 0 Å². The highest BCUT2D eigenvalue weighted by Gasteiger charge is 2.31. The van der Waals surface area contributed by atoms with E-state index in [0.29, 0.717) is 13.2 Å². The minimum Gasteiger partial charge on any atom is -0.494 e. The van der Waals surface area contributed by atoms with Crippen LogP contribution in [-0.4, -0.2) is 35.7 Å². The monoisotopic (exact) mass is 415 g/mol. The van der Waals surface area contributed by atoms with Crippen molar-refractivity contribution in [2.24, 2.45) is 5.92 Å². The van der Waals surface area contributed by atoms with Gasteiger partial charge >= 0.3 is 5.97 Å². The molecule has 3 aromatic rings. The number of ether oxygens (including phenoxy) is 1. The van der Waals surface area contributed by atoms with Crippen molar-refractivity contribution in [3.05, 3.63) is 90.0 Å². The Hall–Kier alpha value is -3.11. The van der Waals surface area contributed by atoms with Gasteiger partial charge in [0.15, 0.2) is 0 Å². The van der Waals surface area contributed by atoms with Crippen LogP contribution < -0.4 is 4.74 Å². The zero-order chi connectivity index (χ0) is 21.6. The van der Waals surface area contributed by atoms with E-state index in [-0.39, 0.29) is 12.0 Å². The van der Waals surface area contributed by atoms with E-state index >= 15 is 0 Å². The Kier molecular flexibility index (Phi) is 6.68. The number of aliphatic carboxylic acids is 1. The summed E-state index contributed by atoms with van der Waals surface area (Å²) in [6.45, 7) is 4.03. The maximum absolute atomic E-state index is 11.7. The Morgan fingerprint density at radius 3 is 2.45 bits per heavy atom. The summed E-state index contributed by atoms with van der Waals surface area (Å²) < 4.78 is 5.74. The van der Waals surface area contributed by atoms with Gasteiger partial charge in [-0.05, 0) is 60.7 Å².